The predicted molar refractivity (Wildman–Crippen MR) is 194 cm³/mol. The lowest BCUT2D eigenvalue weighted by Gasteiger charge is -2.15. The Bertz CT molecular complexity index is 1980. The van der Waals surface area contributed by atoms with Gasteiger partial charge >= 0.3 is 0 Å². The second-order valence-corrected chi connectivity index (χ2v) is 13.3. The second kappa shape index (κ2) is 16.1. The largest absolute Gasteiger partial charge is 0.321 e. The third-order valence-electron chi connectivity index (χ3n) is 6.83. The summed E-state index contributed by atoms with van der Waals surface area (Å²) < 4.78 is 0.879. The first-order valence-electron chi connectivity index (χ1n) is 14.6. The van der Waals surface area contributed by atoms with Crippen molar-refractivity contribution in [1.29, 1.82) is 0 Å². The van der Waals surface area contributed by atoms with E-state index in [4.69, 9.17) is 0 Å². The third-order valence-corrected chi connectivity index (χ3v) is 9.47. The lowest BCUT2D eigenvalue weighted by Crippen LogP contribution is -2.30. The van der Waals surface area contributed by atoms with Crippen molar-refractivity contribution in [2.75, 3.05) is 10.6 Å². The molecule has 0 aliphatic heterocycles. The van der Waals surface area contributed by atoms with Crippen LogP contribution in [0.1, 0.15) is 29.3 Å². The Morgan fingerprint density at radius 1 is 0.958 bits per heavy atom. The molecule has 0 spiro atoms. The maximum atomic E-state index is 13.5. The van der Waals surface area contributed by atoms with Crippen LogP contribution in [0.25, 0.3) is 17.3 Å². The van der Waals surface area contributed by atoms with E-state index in [9.17, 15) is 24.5 Å². The summed E-state index contributed by atoms with van der Waals surface area (Å²) in [6.07, 6.45) is 2.11. The van der Waals surface area contributed by atoms with Crippen LogP contribution in [0.5, 0.6) is 0 Å². The minimum absolute atomic E-state index is 0.0410. The summed E-state index contributed by atoms with van der Waals surface area (Å²) >= 11 is 5.97. The number of amides is 3. The molecule has 0 saturated carbocycles. The third kappa shape index (κ3) is 9.25. The normalized spacial score (nSPS) is 11.8. The molecule has 3 N–H and O–H groups in total. The van der Waals surface area contributed by atoms with Gasteiger partial charge in [0.15, 0.2) is 5.13 Å². The van der Waals surface area contributed by atoms with Gasteiger partial charge < -0.3 is 16.0 Å². The number of carbonyl (C=O) groups is 3. The minimum atomic E-state index is -0.516. The number of carbonyl (C=O) groups excluding carboxylic acids is 3. The summed E-state index contributed by atoms with van der Waals surface area (Å²) in [6.45, 7) is 1.90. The molecule has 242 valence electrons. The summed E-state index contributed by atoms with van der Waals surface area (Å²) in [7, 11) is 0. The molecule has 3 amide bonds. The molecular formula is C35H28BrN5O5S2. The van der Waals surface area contributed by atoms with E-state index in [1.165, 1.54) is 35.2 Å². The molecule has 1 atom stereocenters. The van der Waals surface area contributed by atoms with Crippen LogP contribution < -0.4 is 16.0 Å². The fraction of sp³-hybridized carbons (Fsp3) is 0.0857. The van der Waals surface area contributed by atoms with Crippen LogP contribution in [0.4, 0.5) is 16.5 Å². The number of aromatic nitrogens is 1. The molecule has 13 heteroatoms. The Morgan fingerprint density at radius 3 is 2.44 bits per heavy atom. The van der Waals surface area contributed by atoms with Gasteiger partial charge in [-0.1, -0.05) is 71.4 Å². The topological polar surface area (TPSA) is 143 Å². The zero-order valence-corrected chi connectivity index (χ0v) is 28.6. The molecule has 1 unspecified atom stereocenters. The number of thioether (sulfide) groups is 1. The molecule has 0 radical (unpaired) electrons. The first-order chi connectivity index (χ1) is 23.2. The number of nitro groups is 1. The zero-order chi connectivity index (χ0) is 34.0. The second-order valence-electron chi connectivity index (χ2n) is 10.3. The van der Waals surface area contributed by atoms with Crippen LogP contribution in [0, 0.1) is 10.1 Å². The van der Waals surface area contributed by atoms with Crippen molar-refractivity contribution < 1.29 is 19.3 Å². The van der Waals surface area contributed by atoms with Gasteiger partial charge in [0.05, 0.1) is 15.9 Å². The number of non-ortho nitro benzene ring substituents is 1. The standard InChI is InChI=1S/C35H28BrN5O5S2/c1-2-31(34(44)40-35-39-30(21-47-35)24-10-6-12-27(19-24)41(45)46)48-28-13-7-11-26(20-28)37-33(43)29(18-22-14-16-25(36)17-15-22)38-32(42)23-8-4-3-5-9-23/h3-21,31H,2H2,1H3,(H,37,43)(H,38,42)(H,39,40,44)/b29-18-. The highest BCUT2D eigenvalue weighted by Gasteiger charge is 2.21. The highest BCUT2D eigenvalue weighted by Crippen LogP contribution is 2.31. The number of halogens is 1. The fourth-order valence-electron chi connectivity index (χ4n) is 4.43. The van der Waals surface area contributed by atoms with E-state index in [1.54, 1.807) is 72.1 Å². The number of nitro benzene ring substituents is 1. The van der Waals surface area contributed by atoms with Gasteiger partial charge in [0, 0.05) is 43.7 Å². The van der Waals surface area contributed by atoms with Gasteiger partial charge in [0.25, 0.3) is 17.5 Å². The first kappa shape index (κ1) is 34.2. The van der Waals surface area contributed by atoms with Crippen molar-refractivity contribution in [3.05, 3.63) is 140 Å². The van der Waals surface area contributed by atoms with Crippen LogP contribution in [0.3, 0.4) is 0 Å². The molecule has 0 fully saturated rings. The van der Waals surface area contributed by atoms with Crippen molar-refractivity contribution >= 4 is 79.3 Å². The van der Waals surface area contributed by atoms with Crippen LogP contribution in [0.2, 0.25) is 0 Å². The number of hydrogen-bond acceptors (Lipinski definition) is 8. The average molecular weight is 743 g/mol. The Labute approximate surface area is 293 Å². The number of rotatable bonds is 12. The molecule has 5 aromatic rings. The van der Waals surface area contributed by atoms with Gasteiger partial charge in [-0.15, -0.1) is 23.1 Å². The maximum absolute atomic E-state index is 13.5. The molecule has 48 heavy (non-hydrogen) atoms. The number of anilines is 2. The van der Waals surface area contributed by atoms with Gasteiger partial charge in [-0.25, -0.2) is 4.98 Å². The molecule has 0 aliphatic carbocycles. The summed E-state index contributed by atoms with van der Waals surface area (Å²) in [6, 6.07) is 29.2. The Kier molecular flexibility index (Phi) is 11.5. The molecule has 0 aliphatic rings. The highest BCUT2D eigenvalue weighted by atomic mass is 79.9. The maximum Gasteiger partial charge on any atom is 0.272 e. The summed E-state index contributed by atoms with van der Waals surface area (Å²) in [4.78, 5) is 55.6. The van der Waals surface area contributed by atoms with Crippen LogP contribution in [0.15, 0.2) is 124 Å². The molecule has 0 saturated heterocycles. The fourth-order valence-corrected chi connectivity index (χ4v) is 6.43. The monoisotopic (exact) mass is 741 g/mol. The lowest BCUT2D eigenvalue weighted by atomic mass is 10.1. The molecule has 5 rings (SSSR count). The van der Waals surface area contributed by atoms with Gasteiger partial charge in [0.2, 0.25) is 5.91 Å². The van der Waals surface area contributed by atoms with Crippen molar-refractivity contribution in [3.63, 3.8) is 0 Å². The molecule has 1 heterocycles. The number of benzene rings is 4. The van der Waals surface area contributed by atoms with Gasteiger partial charge in [-0.3, -0.25) is 24.5 Å². The summed E-state index contributed by atoms with van der Waals surface area (Å²) in [5.41, 5.74) is 2.73. The van der Waals surface area contributed by atoms with Crippen LogP contribution >= 0.6 is 39.0 Å². The molecule has 1 aromatic heterocycles. The van der Waals surface area contributed by atoms with E-state index in [0.717, 1.165) is 14.9 Å². The number of thiazole rings is 1. The predicted octanol–water partition coefficient (Wildman–Crippen LogP) is 8.40. The average Bonchev–Trinajstić information content (AvgIpc) is 3.56. The van der Waals surface area contributed by atoms with Crippen LogP contribution in [-0.4, -0.2) is 32.9 Å². The lowest BCUT2D eigenvalue weighted by molar-refractivity contribution is -0.384. The van der Waals surface area contributed by atoms with Gasteiger partial charge in [-0.2, -0.15) is 0 Å². The zero-order valence-electron chi connectivity index (χ0n) is 25.4. The van der Waals surface area contributed by atoms with E-state index in [2.05, 4.69) is 36.9 Å². The van der Waals surface area contributed by atoms with Crippen LogP contribution in [-0.2, 0) is 9.59 Å². The first-order valence-corrected chi connectivity index (χ1v) is 17.2. The Hall–Kier alpha value is -5.11. The van der Waals surface area contributed by atoms with Crippen molar-refractivity contribution in [2.45, 2.75) is 23.5 Å². The summed E-state index contributed by atoms with van der Waals surface area (Å²) in [5, 5.41) is 21.2. The molecular weight excluding hydrogens is 714 g/mol. The smallest absolute Gasteiger partial charge is 0.272 e. The Balaban J connectivity index is 1.27. The number of hydrogen-bond donors (Lipinski definition) is 3. The minimum Gasteiger partial charge on any atom is -0.321 e. The highest BCUT2D eigenvalue weighted by molar-refractivity contribution is 9.10. The SMILES string of the molecule is CCC(Sc1cccc(NC(=O)/C(=C/c2ccc(Br)cc2)NC(=O)c2ccccc2)c1)C(=O)Nc1nc(-c2cccc([N+](=O)[O-])c2)cs1. The van der Waals surface area contributed by atoms with Gasteiger partial charge in [-0.05, 0) is 60.5 Å². The molecule has 0 bridgehead atoms. The van der Waals surface area contributed by atoms with E-state index < -0.39 is 22.0 Å². The van der Waals surface area contributed by atoms with Crippen molar-refractivity contribution in [1.82, 2.24) is 10.3 Å². The number of nitrogens with zero attached hydrogens (tertiary/aromatic N) is 2. The molecule has 4 aromatic carbocycles. The number of nitrogens with one attached hydrogen (secondary N) is 3. The van der Waals surface area contributed by atoms with Crippen molar-refractivity contribution in [3.8, 4) is 11.3 Å². The summed E-state index contributed by atoms with van der Waals surface area (Å²) in [5.74, 6) is -1.19. The van der Waals surface area contributed by atoms with Gasteiger partial charge in [0.1, 0.15) is 5.70 Å². The van der Waals surface area contributed by atoms with E-state index >= 15 is 0 Å². The Morgan fingerprint density at radius 2 is 1.71 bits per heavy atom. The van der Waals surface area contributed by atoms with E-state index in [1.807, 2.05) is 37.3 Å². The molecule has 10 nitrogen and oxygen atoms in total. The quantitative estimate of drug-likeness (QED) is 0.0504. The van der Waals surface area contributed by atoms with E-state index in [-0.39, 0.29) is 17.3 Å². The van der Waals surface area contributed by atoms with E-state index in [0.29, 0.717) is 34.1 Å². The van der Waals surface area contributed by atoms with Crippen molar-refractivity contribution in [2.24, 2.45) is 0 Å².